The van der Waals surface area contributed by atoms with Gasteiger partial charge in [0, 0.05) is 17.8 Å². The Labute approximate surface area is 190 Å². The highest BCUT2D eigenvalue weighted by atomic mass is 32.2. The van der Waals surface area contributed by atoms with Crippen LogP contribution in [0.1, 0.15) is 35.8 Å². The normalized spacial score (nSPS) is 15.9. The molecular weight excluding hydrogens is 430 g/mol. The molecule has 0 saturated carbocycles. The van der Waals surface area contributed by atoms with Gasteiger partial charge in [-0.2, -0.15) is 5.10 Å². The lowest BCUT2D eigenvalue weighted by Crippen LogP contribution is -2.32. The molecule has 170 valence electrons. The molecule has 0 bridgehead atoms. The van der Waals surface area contributed by atoms with Gasteiger partial charge in [0.15, 0.2) is 0 Å². The first-order valence-electron chi connectivity index (χ1n) is 10.3. The molecule has 1 unspecified atom stereocenters. The summed E-state index contributed by atoms with van der Waals surface area (Å²) in [5.74, 6) is 8.31. The summed E-state index contributed by atoms with van der Waals surface area (Å²) in [7, 11) is 3.26. The number of carbonyl (C=O) groups is 1. The van der Waals surface area contributed by atoms with Crippen molar-refractivity contribution in [1.82, 2.24) is 29.6 Å². The number of ether oxygens (including phenoxy) is 2. The number of hydrogen-bond donors (Lipinski definition) is 1. The lowest BCUT2D eigenvalue weighted by Gasteiger charge is -2.26. The zero-order chi connectivity index (χ0) is 22.8. The second-order valence-corrected chi connectivity index (χ2v) is 8.58. The van der Waals surface area contributed by atoms with Crippen LogP contribution >= 0.6 is 11.8 Å². The number of aromatic nitrogens is 5. The van der Waals surface area contributed by atoms with Gasteiger partial charge in [0.05, 0.1) is 31.7 Å². The molecule has 1 amide bonds. The van der Waals surface area contributed by atoms with Crippen LogP contribution in [-0.4, -0.2) is 62.0 Å². The van der Waals surface area contributed by atoms with Crippen LogP contribution in [0.25, 0.3) is 5.95 Å². The Kier molecular flexibility index (Phi) is 6.26. The number of nitrogens with two attached hydrogens (primary N) is 1. The zero-order valence-electron chi connectivity index (χ0n) is 18.6. The smallest absolute Gasteiger partial charge is 0.271 e. The molecule has 1 aliphatic heterocycles. The van der Waals surface area contributed by atoms with E-state index >= 15 is 0 Å². The number of methoxy groups -OCH3 is 2. The predicted octanol–water partition coefficient (Wildman–Crippen LogP) is 2.27. The molecule has 0 radical (unpaired) electrons. The summed E-state index contributed by atoms with van der Waals surface area (Å²) >= 11 is 1.26. The van der Waals surface area contributed by atoms with Crippen molar-refractivity contribution in [3.05, 3.63) is 41.2 Å². The molecule has 32 heavy (non-hydrogen) atoms. The van der Waals surface area contributed by atoms with Crippen molar-refractivity contribution in [2.75, 3.05) is 32.4 Å². The van der Waals surface area contributed by atoms with E-state index in [2.05, 4.69) is 15.3 Å². The number of nitrogen functional groups attached to an aromatic ring is 1. The van der Waals surface area contributed by atoms with Crippen LogP contribution in [0.2, 0.25) is 0 Å². The van der Waals surface area contributed by atoms with Crippen molar-refractivity contribution in [3.8, 4) is 17.4 Å². The summed E-state index contributed by atoms with van der Waals surface area (Å²) in [4.78, 5) is 15.0. The van der Waals surface area contributed by atoms with Gasteiger partial charge >= 0.3 is 0 Å². The molecule has 4 rings (SSSR count). The summed E-state index contributed by atoms with van der Waals surface area (Å²) in [6.07, 6.45) is 1.80. The fourth-order valence-corrected chi connectivity index (χ4v) is 4.78. The largest absolute Gasteiger partial charge is 0.497 e. The quantitative estimate of drug-likeness (QED) is 0.425. The molecule has 11 heteroatoms. The van der Waals surface area contributed by atoms with E-state index < -0.39 is 0 Å². The molecular formula is C21H27N7O3S. The minimum absolute atomic E-state index is 0.0121. The van der Waals surface area contributed by atoms with Crippen molar-refractivity contribution in [3.63, 3.8) is 0 Å². The molecule has 1 aromatic carbocycles. The van der Waals surface area contributed by atoms with Gasteiger partial charge in [-0.1, -0.05) is 11.8 Å². The second-order valence-electron chi connectivity index (χ2n) is 7.63. The maximum atomic E-state index is 13.1. The van der Waals surface area contributed by atoms with Gasteiger partial charge in [0.2, 0.25) is 11.1 Å². The fourth-order valence-electron chi connectivity index (χ4n) is 4.04. The Morgan fingerprint density at radius 1 is 1.22 bits per heavy atom. The number of hydrogen-bond acceptors (Lipinski definition) is 8. The van der Waals surface area contributed by atoms with Crippen LogP contribution in [0.3, 0.4) is 0 Å². The van der Waals surface area contributed by atoms with E-state index in [1.807, 2.05) is 43.0 Å². The highest BCUT2D eigenvalue weighted by Gasteiger charge is 2.32. The zero-order valence-corrected chi connectivity index (χ0v) is 19.4. The van der Waals surface area contributed by atoms with Crippen LogP contribution in [0.15, 0.2) is 29.4 Å². The Hall–Kier alpha value is -3.21. The van der Waals surface area contributed by atoms with Crippen LogP contribution in [0.4, 0.5) is 0 Å². The average Bonchev–Trinajstić information content (AvgIpc) is 3.50. The van der Waals surface area contributed by atoms with E-state index in [1.54, 1.807) is 18.9 Å². The topological polar surface area (TPSA) is 113 Å². The third kappa shape index (κ3) is 4.12. The van der Waals surface area contributed by atoms with Gasteiger partial charge in [0.1, 0.15) is 11.5 Å². The molecule has 2 N–H and O–H groups in total. The number of benzene rings is 1. The number of rotatable bonds is 7. The van der Waals surface area contributed by atoms with E-state index in [4.69, 9.17) is 15.3 Å². The number of nitrogens with zero attached hydrogens (tertiary/aromatic N) is 6. The molecule has 3 heterocycles. The maximum absolute atomic E-state index is 13.1. The lowest BCUT2D eigenvalue weighted by molar-refractivity contribution is -0.129. The maximum Gasteiger partial charge on any atom is 0.271 e. The predicted molar refractivity (Wildman–Crippen MR) is 121 cm³/mol. The molecule has 1 atom stereocenters. The molecule has 1 aliphatic rings. The minimum atomic E-state index is -0.0610. The number of aryl methyl sites for hydroxylation is 2. The van der Waals surface area contributed by atoms with Gasteiger partial charge in [-0.25, -0.2) is 9.36 Å². The Balaban J connectivity index is 1.48. The second kappa shape index (κ2) is 9.11. The van der Waals surface area contributed by atoms with Crippen LogP contribution < -0.4 is 15.3 Å². The number of carbonyl (C=O) groups excluding carboxylic acids is 1. The number of thioether (sulfide) groups is 1. The molecule has 3 aromatic rings. The summed E-state index contributed by atoms with van der Waals surface area (Å²) in [6.45, 7) is 4.51. The summed E-state index contributed by atoms with van der Waals surface area (Å²) in [5, 5.41) is 13.2. The number of amides is 1. The number of likely N-dealkylation sites (tertiary alicyclic amines) is 1. The minimum Gasteiger partial charge on any atom is -0.497 e. The van der Waals surface area contributed by atoms with Crippen molar-refractivity contribution in [1.29, 1.82) is 0 Å². The summed E-state index contributed by atoms with van der Waals surface area (Å²) in [5.41, 5.74) is 2.72. The Bertz CT molecular complexity index is 1130. The van der Waals surface area contributed by atoms with Gasteiger partial charge in [-0.15, -0.1) is 10.2 Å². The third-order valence-corrected chi connectivity index (χ3v) is 6.47. The summed E-state index contributed by atoms with van der Waals surface area (Å²) in [6, 6.07) is 7.55. The van der Waals surface area contributed by atoms with Crippen molar-refractivity contribution in [2.45, 2.75) is 37.9 Å². The van der Waals surface area contributed by atoms with E-state index in [0.717, 1.165) is 41.3 Å². The highest BCUT2D eigenvalue weighted by Crippen LogP contribution is 2.39. The van der Waals surface area contributed by atoms with E-state index in [-0.39, 0.29) is 17.7 Å². The van der Waals surface area contributed by atoms with E-state index in [1.165, 1.54) is 16.4 Å². The SMILES string of the molecule is COc1ccc(OC)c(C2CCCN2C(=O)CSc2nnc(-n3nc(C)cc3C)n2N)c1. The van der Waals surface area contributed by atoms with Crippen molar-refractivity contribution in [2.24, 2.45) is 0 Å². The van der Waals surface area contributed by atoms with Crippen molar-refractivity contribution >= 4 is 17.7 Å². The lowest BCUT2D eigenvalue weighted by atomic mass is 10.0. The molecule has 0 spiro atoms. The van der Waals surface area contributed by atoms with Crippen molar-refractivity contribution < 1.29 is 14.3 Å². The molecule has 1 fully saturated rings. The molecule has 2 aromatic heterocycles. The molecule has 1 saturated heterocycles. The van der Waals surface area contributed by atoms with Crippen LogP contribution in [0.5, 0.6) is 11.5 Å². The van der Waals surface area contributed by atoms with Crippen LogP contribution in [-0.2, 0) is 4.79 Å². The van der Waals surface area contributed by atoms with Crippen LogP contribution in [0, 0.1) is 13.8 Å². The monoisotopic (exact) mass is 457 g/mol. The first kappa shape index (κ1) is 22.0. The standard InChI is InChI=1S/C21H27N7O3S/c1-13-10-14(2)28(25-13)20-23-24-21(27(20)22)32-12-19(29)26-9-5-6-17(26)16-11-15(30-3)7-8-18(16)31-4/h7-8,10-11,17H,5-6,9,12,22H2,1-4H3. The van der Waals surface area contributed by atoms with Gasteiger partial charge in [-0.05, 0) is 51.0 Å². The molecule has 0 aliphatic carbocycles. The fraction of sp³-hybridized carbons (Fsp3) is 0.429. The van der Waals surface area contributed by atoms with E-state index in [0.29, 0.717) is 17.6 Å². The average molecular weight is 458 g/mol. The first-order chi connectivity index (χ1) is 15.4. The van der Waals surface area contributed by atoms with E-state index in [9.17, 15) is 4.79 Å². The first-order valence-corrected chi connectivity index (χ1v) is 11.3. The Morgan fingerprint density at radius 3 is 2.72 bits per heavy atom. The van der Waals surface area contributed by atoms with Gasteiger partial charge in [-0.3, -0.25) is 4.79 Å². The Morgan fingerprint density at radius 2 is 2.03 bits per heavy atom. The molecule has 10 nitrogen and oxygen atoms in total. The summed E-state index contributed by atoms with van der Waals surface area (Å²) < 4.78 is 13.9. The highest BCUT2D eigenvalue weighted by molar-refractivity contribution is 7.99. The van der Waals surface area contributed by atoms with Gasteiger partial charge < -0.3 is 20.2 Å². The van der Waals surface area contributed by atoms with Gasteiger partial charge in [0.25, 0.3) is 5.95 Å². The third-order valence-electron chi connectivity index (χ3n) is 5.54.